The van der Waals surface area contributed by atoms with E-state index in [0.717, 1.165) is 33.3 Å². The number of amides is 1. The molecule has 0 radical (unpaired) electrons. The van der Waals surface area contributed by atoms with Crippen LogP contribution in [0.3, 0.4) is 0 Å². The number of nitrogens with zero attached hydrogens (tertiary/aromatic N) is 2. The zero-order valence-electron chi connectivity index (χ0n) is 17.2. The maximum atomic E-state index is 12.5. The minimum absolute atomic E-state index is 0.230. The van der Waals surface area contributed by atoms with Crippen molar-refractivity contribution in [1.82, 2.24) is 9.99 Å². The Morgan fingerprint density at radius 1 is 1.00 bits per heavy atom. The fourth-order valence-corrected chi connectivity index (χ4v) is 4.01. The molecule has 4 aromatic rings. The Hall–Kier alpha value is -3.08. The van der Waals surface area contributed by atoms with Crippen LogP contribution in [0.4, 0.5) is 0 Å². The van der Waals surface area contributed by atoms with Crippen LogP contribution in [-0.2, 0) is 6.54 Å². The van der Waals surface area contributed by atoms with Gasteiger partial charge in [0, 0.05) is 34.3 Å². The molecule has 0 aliphatic rings. The van der Waals surface area contributed by atoms with Crippen molar-refractivity contribution in [3.63, 3.8) is 0 Å². The first kappa shape index (κ1) is 21.2. The third-order valence-electron chi connectivity index (χ3n) is 5.35. The van der Waals surface area contributed by atoms with Crippen LogP contribution in [-0.4, -0.2) is 16.7 Å². The van der Waals surface area contributed by atoms with E-state index in [0.29, 0.717) is 22.2 Å². The van der Waals surface area contributed by atoms with Gasteiger partial charge >= 0.3 is 0 Å². The van der Waals surface area contributed by atoms with Crippen LogP contribution < -0.4 is 5.43 Å². The van der Waals surface area contributed by atoms with Gasteiger partial charge in [-0.25, -0.2) is 5.43 Å². The fraction of sp³-hybridized carbons (Fsp3) is 0.120. The van der Waals surface area contributed by atoms with E-state index < -0.39 is 0 Å². The average Bonchev–Trinajstić information content (AvgIpc) is 3.02. The molecule has 1 heterocycles. The molecular formula is C25H21Cl2N3O. The number of hydrazone groups is 1. The number of carbonyl (C=O) groups excluding carboxylic acids is 1. The van der Waals surface area contributed by atoms with Crippen molar-refractivity contribution >= 4 is 46.2 Å². The van der Waals surface area contributed by atoms with E-state index in [-0.39, 0.29) is 5.91 Å². The number of carbonyl (C=O) groups is 1. The van der Waals surface area contributed by atoms with Gasteiger partial charge in [0.15, 0.2) is 0 Å². The van der Waals surface area contributed by atoms with Gasteiger partial charge in [0.1, 0.15) is 0 Å². The topological polar surface area (TPSA) is 46.4 Å². The summed E-state index contributed by atoms with van der Waals surface area (Å²) in [5.74, 6) is -0.230. The molecule has 0 saturated carbocycles. The number of hydrogen-bond acceptors (Lipinski definition) is 2. The number of benzene rings is 3. The number of fused-ring (bicyclic) bond motifs is 1. The molecule has 0 unspecified atom stereocenters. The van der Waals surface area contributed by atoms with E-state index in [2.05, 4.69) is 27.2 Å². The van der Waals surface area contributed by atoms with E-state index in [1.807, 2.05) is 62.4 Å². The van der Waals surface area contributed by atoms with Gasteiger partial charge in [-0.3, -0.25) is 4.79 Å². The summed E-state index contributed by atoms with van der Waals surface area (Å²) >= 11 is 12.3. The van der Waals surface area contributed by atoms with E-state index in [1.54, 1.807) is 12.3 Å². The Kier molecular flexibility index (Phi) is 6.12. The molecule has 0 bridgehead atoms. The van der Waals surface area contributed by atoms with Crippen molar-refractivity contribution in [2.24, 2.45) is 5.10 Å². The number of rotatable bonds is 5. The molecule has 1 amide bonds. The van der Waals surface area contributed by atoms with Crippen LogP contribution >= 0.6 is 23.2 Å². The van der Waals surface area contributed by atoms with Crippen LogP contribution in [0, 0.1) is 13.8 Å². The summed E-state index contributed by atoms with van der Waals surface area (Å²) in [6.07, 6.45) is 1.71. The molecule has 3 aromatic carbocycles. The summed E-state index contributed by atoms with van der Waals surface area (Å²) in [6, 6.07) is 21.2. The van der Waals surface area contributed by atoms with E-state index in [1.165, 1.54) is 0 Å². The highest BCUT2D eigenvalue weighted by Gasteiger charge is 2.14. The van der Waals surface area contributed by atoms with Crippen LogP contribution in [0.1, 0.15) is 32.7 Å². The van der Waals surface area contributed by atoms with Crippen molar-refractivity contribution in [1.29, 1.82) is 0 Å². The lowest BCUT2D eigenvalue weighted by Crippen LogP contribution is -2.18. The first-order valence-corrected chi connectivity index (χ1v) is 10.6. The lowest BCUT2D eigenvalue weighted by molar-refractivity contribution is 0.0954. The highest BCUT2D eigenvalue weighted by Crippen LogP contribution is 2.28. The van der Waals surface area contributed by atoms with Crippen LogP contribution in [0.2, 0.25) is 10.0 Å². The van der Waals surface area contributed by atoms with Crippen molar-refractivity contribution < 1.29 is 4.79 Å². The Labute approximate surface area is 191 Å². The monoisotopic (exact) mass is 449 g/mol. The smallest absolute Gasteiger partial charge is 0.271 e. The second-order valence-electron chi connectivity index (χ2n) is 7.36. The van der Waals surface area contributed by atoms with E-state index >= 15 is 0 Å². The van der Waals surface area contributed by atoms with Gasteiger partial charge in [0.05, 0.1) is 16.3 Å². The molecule has 0 atom stereocenters. The summed E-state index contributed by atoms with van der Waals surface area (Å²) < 4.78 is 2.21. The minimum Gasteiger partial charge on any atom is -0.340 e. The molecule has 0 aliphatic heterocycles. The largest absolute Gasteiger partial charge is 0.340 e. The summed E-state index contributed by atoms with van der Waals surface area (Å²) in [5, 5.41) is 6.38. The number of hydrogen-bond donors (Lipinski definition) is 1. The molecule has 31 heavy (non-hydrogen) atoms. The van der Waals surface area contributed by atoms with Gasteiger partial charge < -0.3 is 4.57 Å². The molecule has 0 saturated heterocycles. The van der Waals surface area contributed by atoms with Gasteiger partial charge in [0.2, 0.25) is 0 Å². The number of nitrogens with one attached hydrogen (secondary N) is 1. The molecule has 4 rings (SSSR count). The SMILES string of the molecule is Cc1ccccc1C(=O)N/N=C/c1c(C)n(Cc2ccc(Cl)c(Cl)c2)c2ccccc12. The van der Waals surface area contributed by atoms with Crippen LogP contribution in [0.15, 0.2) is 71.8 Å². The third kappa shape index (κ3) is 4.36. The third-order valence-corrected chi connectivity index (χ3v) is 6.09. The normalized spacial score (nSPS) is 11.4. The molecule has 0 aliphatic carbocycles. The number of halogens is 2. The predicted molar refractivity (Wildman–Crippen MR) is 128 cm³/mol. The molecule has 0 spiro atoms. The molecule has 1 N–H and O–H groups in total. The second-order valence-corrected chi connectivity index (χ2v) is 8.18. The lowest BCUT2D eigenvalue weighted by atomic mass is 10.1. The zero-order chi connectivity index (χ0) is 22.0. The van der Waals surface area contributed by atoms with Crippen LogP contribution in [0.5, 0.6) is 0 Å². The lowest BCUT2D eigenvalue weighted by Gasteiger charge is -2.09. The van der Waals surface area contributed by atoms with Gasteiger partial charge in [-0.15, -0.1) is 0 Å². The van der Waals surface area contributed by atoms with Gasteiger partial charge in [-0.2, -0.15) is 5.10 Å². The maximum Gasteiger partial charge on any atom is 0.271 e. The first-order valence-electron chi connectivity index (χ1n) is 9.86. The van der Waals surface area contributed by atoms with Gasteiger partial charge in [0.25, 0.3) is 5.91 Å². The molecule has 6 heteroatoms. The summed E-state index contributed by atoms with van der Waals surface area (Å²) in [7, 11) is 0. The maximum absolute atomic E-state index is 12.5. The van der Waals surface area contributed by atoms with Gasteiger partial charge in [-0.1, -0.05) is 65.7 Å². The Bertz CT molecular complexity index is 1310. The number of aryl methyl sites for hydroxylation is 1. The van der Waals surface area contributed by atoms with E-state index in [9.17, 15) is 4.79 Å². The van der Waals surface area contributed by atoms with Crippen LogP contribution in [0.25, 0.3) is 10.9 Å². The highest BCUT2D eigenvalue weighted by molar-refractivity contribution is 6.42. The average molecular weight is 450 g/mol. The summed E-state index contributed by atoms with van der Waals surface area (Å²) in [4.78, 5) is 12.5. The number of aromatic nitrogens is 1. The number of para-hydroxylation sites is 1. The standard InChI is InChI=1S/C25H21Cl2N3O/c1-16-7-3-4-8-19(16)25(31)29-28-14-21-17(2)30(24-10-6-5-9-20(21)24)15-18-11-12-22(26)23(27)13-18/h3-14H,15H2,1-2H3,(H,29,31)/b28-14+. The molecule has 4 nitrogen and oxygen atoms in total. The van der Waals surface area contributed by atoms with Crippen molar-refractivity contribution in [3.8, 4) is 0 Å². The second kappa shape index (κ2) is 8.96. The minimum atomic E-state index is -0.230. The first-order chi connectivity index (χ1) is 15.0. The van der Waals surface area contributed by atoms with Crippen molar-refractivity contribution in [2.75, 3.05) is 0 Å². The summed E-state index contributed by atoms with van der Waals surface area (Å²) in [5.41, 5.74) is 8.29. The summed E-state index contributed by atoms with van der Waals surface area (Å²) in [6.45, 7) is 4.59. The van der Waals surface area contributed by atoms with E-state index in [4.69, 9.17) is 23.2 Å². The predicted octanol–water partition coefficient (Wildman–Crippen LogP) is 6.38. The molecule has 156 valence electrons. The van der Waals surface area contributed by atoms with Crippen molar-refractivity contribution in [2.45, 2.75) is 20.4 Å². The highest BCUT2D eigenvalue weighted by atomic mass is 35.5. The van der Waals surface area contributed by atoms with Crippen molar-refractivity contribution in [3.05, 3.63) is 105 Å². The Morgan fingerprint density at radius 3 is 2.52 bits per heavy atom. The molecular weight excluding hydrogens is 429 g/mol. The molecule has 0 fully saturated rings. The zero-order valence-corrected chi connectivity index (χ0v) is 18.7. The van der Waals surface area contributed by atoms with Gasteiger partial charge in [-0.05, 0) is 49.2 Å². The Morgan fingerprint density at radius 2 is 1.74 bits per heavy atom. The molecule has 1 aromatic heterocycles. The Balaban J connectivity index is 1.65. The fourth-order valence-electron chi connectivity index (χ4n) is 3.69. The quantitative estimate of drug-likeness (QED) is 0.279.